The second-order valence-electron chi connectivity index (χ2n) is 3.87. The lowest BCUT2D eigenvalue weighted by Gasteiger charge is -2.12. The average Bonchev–Trinajstić information content (AvgIpc) is 2.37. The highest BCUT2D eigenvalue weighted by Crippen LogP contribution is 2.15. The summed E-state index contributed by atoms with van der Waals surface area (Å²) in [6.07, 6.45) is -0.289. The van der Waals surface area contributed by atoms with Gasteiger partial charge in [-0.25, -0.2) is 13.6 Å². The molecule has 0 aliphatic carbocycles. The summed E-state index contributed by atoms with van der Waals surface area (Å²) in [6, 6.07) is 1.04. The van der Waals surface area contributed by atoms with Gasteiger partial charge in [0.25, 0.3) is 5.91 Å². The van der Waals surface area contributed by atoms with Crippen molar-refractivity contribution < 1.29 is 28.2 Å². The molecular weight excluding hydrogens is 260 g/mol. The number of rotatable bonds is 5. The zero-order valence-electron chi connectivity index (χ0n) is 10.4. The van der Waals surface area contributed by atoms with E-state index in [1.165, 1.54) is 7.11 Å². The van der Waals surface area contributed by atoms with Crippen LogP contribution in [0.5, 0.6) is 0 Å². The van der Waals surface area contributed by atoms with Gasteiger partial charge in [-0.3, -0.25) is 4.79 Å². The molecule has 0 aromatic heterocycles. The highest BCUT2D eigenvalue weighted by atomic mass is 19.2. The fourth-order valence-corrected chi connectivity index (χ4v) is 1.33. The Hall–Kier alpha value is -2.02. The summed E-state index contributed by atoms with van der Waals surface area (Å²) in [5.74, 6) is -4.92. The van der Waals surface area contributed by atoms with Crippen LogP contribution in [0, 0.1) is 11.6 Å². The molecule has 1 aromatic carbocycles. The Balaban J connectivity index is 3.01. The van der Waals surface area contributed by atoms with E-state index in [9.17, 15) is 18.4 Å². The van der Waals surface area contributed by atoms with Gasteiger partial charge in [-0.05, 0) is 19.1 Å². The zero-order chi connectivity index (χ0) is 14.6. The average molecular weight is 273 g/mol. The van der Waals surface area contributed by atoms with Crippen LogP contribution >= 0.6 is 0 Å². The van der Waals surface area contributed by atoms with E-state index in [0.717, 1.165) is 0 Å². The molecule has 0 saturated heterocycles. The van der Waals surface area contributed by atoms with Gasteiger partial charge in [0.05, 0.1) is 17.2 Å². The van der Waals surface area contributed by atoms with Crippen molar-refractivity contribution in [2.75, 3.05) is 13.7 Å². The number of carboxylic acid groups (broad SMARTS) is 1. The number of nitrogens with one attached hydrogen (secondary N) is 1. The van der Waals surface area contributed by atoms with Crippen molar-refractivity contribution >= 4 is 11.9 Å². The quantitative estimate of drug-likeness (QED) is 0.851. The Bertz CT molecular complexity index is 505. The van der Waals surface area contributed by atoms with E-state index in [-0.39, 0.29) is 12.6 Å². The summed E-state index contributed by atoms with van der Waals surface area (Å²) in [4.78, 5) is 22.6. The first-order valence-electron chi connectivity index (χ1n) is 5.40. The minimum Gasteiger partial charge on any atom is -0.478 e. The summed E-state index contributed by atoms with van der Waals surface area (Å²) >= 11 is 0. The molecule has 5 nitrogen and oxygen atoms in total. The third-order valence-corrected chi connectivity index (χ3v) is 2.49. The molecule has 104 valence electrons. The normalized spacial score (nSPS) is 12.0. The molecule has 0 saturated carbocycles. The Kier molecular flexibility index (Phi) is 4.94. The summed E-state index contributed by atoms with van der Waals surface area (Å²) in [6.45, 7) is 1.80. The third kappa shape index (κ3) is 3.72. The monoisotopic (exact) mass is 273 g/mol. The zero-order valence-corrected chi connectivity index (χ0v) is 10.4. The Morgan fingerprint density at radius 3 is 2.32 bits per heavy atom. The van der Waals surface area contributed by atoms with E-state index < -0.39 is 34.6 Å². The number of carbonyl (C=O) groups excluding carboxylic acids is 1. The van der Waals surface area contributed by atoms with Crippen LogP contribution < -0.4 is 5.32 Å². The van der Waals surface area contributed by atoms with Gasteiger partial charge in [-0.15, -0.1) is 0 Å². The summed E-state index contributed by atoms with van der Waals surface area (Å²) in [5, 5.41) is 11.2. The van der Waals surface area contributed by atoms with Gasteiger partial charge in [-0.1, -0.05) is 0 Å². The van der Waals surface area contributed by atoms with E-state index >= 15 is 0 Å². The Labute approximate surface area is 108 Å². The minimum absolute atomic E-state index is 0.118. The predicted molar refractivity (Wildman–Crippen MR) is 62.1 cm³/mol. The Morgan fingerprint density at radius 2 is 1.84 bits per heavy atom. The van der Waals surface area contributed by atoms with Crippen LogP contribution in [0.2, 0.25) is 0 Å². The molecule has 0 radical (unpaired) electrons. The molecule has 1 atom stereocenters. The summed E-state index contributed by atoms with van der Waals surface area (Å²) in [7, 11) is 1.44. The maximum absolute atomic E-state index is 13.1. The summed E-state index contributed by atoms with van der Waals surface area (Å²) in [5.41, 5.74) is -1.03. The molecule has 1 aromatic rings. The molecule has 1 unspecified atom stereocenters. The lowest BCUT2D eigenvalue weighted by molar-refractivity contribution is 0.0689. The van der Waals surface area contributed by atoms with Crippen molar-refractivity contribution in [3.8, 4) is 0 Å². The number of aromatic carboxylic acids is 1. The molecule has 2 N–H and O–H groups in total. The Morgan fingerprint density at radius 1 is 1.32 bits per heavy atom. The number of carbonyl (C=O) groups is 2. The van der Waals surface area contributed by atoms with Crippen molar-refractivity contribution in [2.24, 2.45) is 0 Å². The second-order valence-corrected chi connectivity index (χ2v) is 3.87. The SMILES string of the molecule is COC(C)CNC(=O)c1cc(F)c(F)cc1C(=O)O. The van der Waals surface area contributed by atoms with Crippen LogP contribution in [-0.4, -0.2) is 36.7 Å². The fourth-order valence-electron chi connectivity index (χ4n) is 1.33. The molecule has 1 rings (SSSR count). The maximum Gasteiger partial charge on any atom is 0.336 e. The number of methoxy groups -OCH3 is 1. The highest BCUT2D eigenvalue weighted by Gasteiger charge is 2.20. The van der Waals surface area contributed by atoms with Crippen LogP contribution in [-0.2, 0) is 4.74 Å². The van der Waals surface area contributed by atoms with Crippen molar-refractivity contribution in [3.63, 3.8) is 0 Å². The van der Waals surface area contributed by atoms with Crippen molar-refractivity contribution in [2.45, 2.75) is 13.0 Å². The van der Waals surface area contributed by atoms with E-state index in [4.69, 9.17) is 9.84 Å². The van der Waals surface area contributed by atoms with Gasteiger partial charge >= 0.3 is 5.97 Å². The van der Waals surface area contributed by atoms with Crippen LogP contribution in [0.3, 0.4) is 0 Å². The molecule has 7 heteroatoms. The van der Waals surface area contributed by atoms with E-state index in [2.05, 4.69) is 5.32 Å². The maximum atomic E-state index is 13.1. The standard InChI is InChI=1S/C12H13F2NO4/c1-6(19-2)5-15-11(16)7-3-9(13)10(14)4-8(7)12(17)18/h3-4,6H,5H2,1-2H3,(H,15,16)(H,17,18). The highest BCUT2D eigenvalue weighted by molar-refractivity contribution is 6.04. The number of carboxylic acids is 1. The summed E-state index contributed by atoms with van der Waals surface area (Å²) < 4.78 is 30.9. The van der Waals surface area contributed by atoms with E-state index in [0.29, 0.717) is 12.1 Å². The second kappa shape index (κ2) is 6.24. The first-order valence-corrected chi connectivity index (χ1v) is 5.40. The van der Waals surface area contributed by atoms with Crippen molar-refractivity contribution in [1.82, 2.24) is 5.32 Å². The fraction of sp³-hybridized carbons (Fsp3) is 0.333. The molecule has 0 fully saturated rings. The molecule has 0 aliphatic heterocycles. The molecule has 0 spiro atoms. The number of hydrogen-bond acceptors (Lipinski definition) is 3. The minimum atomic E-state index is -1.51. The molecular formula is C12H13F2NO4. The smallest absolute Gasteiger partial charge is 0.336 e. The molecule has 0 bridgehead atoms. The lowest BCUT2D eigenvalue weighted by atomic mass is 10.1. The van der Waals surface area contributed by atoms with Gasteiger partial charge in [0.1, 0.15) is 0 Å². The number of halogens is 2. The van der Waals surface area contributed by atoms with Crippen LogP contribution in [0.15, 0.2) is 12.1 Å². The van der Waals surface area contributed by atoms with Crippen LogP contribution in [0.4, 0.5) is 8.78 Å². The van der Waals surface area contributed by atoms with Gasteiger partial charge in [-0.2, -0.15) is 0 Å². The van der Waals surface area contributed by atoms with E-state index in [1.807, 2.05) is 0 Å². The van der Waals surface area contributed by atoms with E-state index in [1.54, 1.807) is 6.92 Å². The van der Waals surface area contributed by atoms with Gasteiger partial charge < -0.3 is 15.2 Å². The topological polar surface area (TPSA) is 75.6 Å². The largest absolute Gasteiger partial charge is 0.478 e. The third-order valence-electron chi connectivity index (χ3n) is 2.49. The first kappa shape index (κ1) is 15.0. The van der Waals surface area contributed by atoms with Gasteiger partial charge in [0.15, 0.2) is 11.6 Å². The van der Waals surface area contributed by atoms with Gasteiger partial charge in [0.2, 0.25) is 0 Å². The molecule has 0 aliphatic rings. The van der Waals surface area contributed by atoms with Crippen LogP contribution in [0.1, 0.15) is 27.6 Å². The van der Waals surface area contributed by atoms with Crippen molar-refractivity contribution in [3.05, 3.63) is 34.9 Å². The predicted octanol–water partition coefficient (Wildman–Crippen LogP) is 1.43. The van der Waals surface area contributed by atoms with Crippen LogP contribution in [0.25, 0.3) is 0 Å². The number of benzene rings is 1. The van der Waals surface area contributed by atoms with Crippen molar-refractivity contribution in [1.29, 1.82) is 0 Å². The molecule has 19 heavy (non-hydrogen) atoms. The first-order chi connectivity index (χ1) is 8.86. The lowest BCUT2D eigenvalue weighted by Crippen LogP contribution is -2.32. The number of ether oxygens (including phenoxy) is 1. The number of hydrogen-bond donors (Lipinski definition) is 2. The van der Waals surface area contributed by atoms with Gasteiger partial charge in [0, 0.05) is 13.7 Å². The molecule has 0 heterocycles. The number of amides is 1. The molecule has 1 amide bonds.